The summed E-state index contributed by atoms with van der Waals surface area (Å²) >= 11 is 0. The van der Waals surface area contributed by atoms with Crippen LogP contribution in [-0.2, 0) is 14.3 Å². The van der Waals surface area contributed by atoms with Crippen LogP contribution >= 0.6 is 0 Å². The van der Waals surface area contributed by atoms with Gasteiger partial charge in [-0.3, -0.25) is 9.59 Å². The van der Waals surface area contributed by atoms with Crippen LogP contribution in [0.3, 0.4) is 0 Å². The van der Waals surface area contributed by atoms with Crippen LogP contribution < -0.4 is 11.5 Å². The lowest BCUT2D eigenvalue weighted by Gasteiger charge is -2.02. The standard InChI is InChI=1S/C4H9NO3.C3H7NO3/c1-8-4(7)3(5)2-6;4-2(1-5)3(6)7/h3,6H,2,5H2,1H3;2,5H,1,4H2,(H,6,7)/t3-;2-/m00/s1. The molecule has 0 aliphatic rings. The number of ether oxygens (including phenoxy) is 1. The first-order valence-electron chi connectivity index (χ1n) is 3.94. The molecule has 0 radical (unpaired) electrons. The first-order valence-corrected chi connectivity index (χ1v) is 3.94. The lowest BCUT2D eigenvalue weighted by molar-refractivity contribution is -0.143. The Labute approximate surface area is 86.4 Å². The molecule has 0 aliphatic heterocycles. The van der Waals surface area contributed by atoms with Gasteiger partial charge in [-0.1, -0.05) is 0 Å². The third-order valence-corrected chi connectivity index (χ3v) is 1.21. The highest BCUT2D eigenvalue weighted by Gasteiger charge is 2.10. The van der Waals surface area contributed by atoms with Gasteiger partial charge >= 0.3 is 11.9 Å². The molecule has 0 rings (SSSR count). The van der Waals surface area contributed by atoms with E-state index in [9.17, 15) is 9.59 Å². The third-order valence-electron chi connectivity index (χ3n) is 1.21. The molecule has 90 valence electrons. The minimum Gasteiger partial charge on any atom is -0.480 e. The Hall–Kier alpha value is -1.22. The summed E-state index contributed by atoms with van der Waals surface area (Å²) in [4.78, 5) is 19.9. The van der Waals surface area contributed by atoms with Crippen LogP contribution in [0.15, 0.2) is 0 Å². The van der Waals surface area contributed by atoms with Gasteiger partial charge in [-0.15, -0.1) is 0 Å². The number of carboxylic acids is 1. The van der Waals surface area contributed by atoms with Crippen molar-refractivity contribution in [3.8, 4) is 0 Å². The maximum atomic E-state index is 10.2. The summed E-state index contributed by atoms with van der Waals surface area (Å²) in [6.45, 7) is -0.873. The number of aliphatic hydroxyl groups excluding tert-OH is 2. The van der Waals surface area contributed by atoms with E-state index in [2.05, 4.69) is 4.74 Å². The smallest absolute Gasteiger partial charge is 0.325 e. The summed E-state index contributed by atoms with van der Waals surface area (Å²) in [6, 6.07) is -2.01. The Kier molecular flexibility index (Phi) is 10.1. The van der Waals surface area contributed by atoms with Crippen molar-refractivity contribution in [2.45, 2.75) is 12.1 Å². The van der Waals surface area contributed by atoms with E-state index in [4.69, 9.17) is 26.8 Å². The van der Waals surface area contributed by atoms with Crippen molar-refractivity contribution in [1.29, 1.82) is 0 Å². The summed E-state index contributed by atoms with van der Waals surface area (Å²) in [7, 11) is 1.22. The molecule has 0 heterocycles. The number of methoxy groups -OCH3 is 1. The van der Waals surface area contributed by atoms with Gasteiger partial charge in [0.1, 0.15) is 12.1 Å². The lowest BCUT2D eigenvalue weighted by atomic mass is 10.3. The minimum atomic E-state index is -1.18. The van der Waals surface area contributed by atoms with Crippen LogP contribution in [0, 0.1) is 0 Å². The zero-order chi connectivity index (χ0) is 12.4. The van der Waals surface area contributed by atoms with E-state index in [-0.39, 0.29) is 6.61 Å². The zero-order valence-electron chi connectivity index (χ0n) is 8.29. The number of rotatable bonds is 4. The predicted molar refractivity (Wildman–Crippen MR) is 49.8 cm³/mol. The van der Waals surface area contributed by atoms with Gasteiger partial charge < -0.3 is 31.5 Å². The average Bonchev–Trinajstić information content (AvgIpc) is 2.26. The molecule has 0 aromatic heterocycles. The van der Waals surface area contributed by atoms with Crippen LogP contribution in [0.5, 0.6) is 0 Å². The van der Waals surface area contributed by atoms with Gasteiger partial charge in [-0.2, -0.15) is 0 Å². The molecule has 0 spiro atoms. The van der Waals surface area contributed by atoms with Gasteiger partial charge in [0, 0.05) is 0 Å². The number of carbonyl (C=O) groups is 2. The molecule has 0 unspecified atom stereocenters. The summed E-state index contributed by atoms with van der Waals surface area (Å²) in [6.07, 6.45) is 0. The van der Waals surface area contributed by atoms with Gasteiger partial charge in [0.25, 0.3) is 0 Å². The molecule has 0 saturated carbocycles. The first kappa shape index (κ1) is 16.2. The van der Waals surface area contributed by atoms with E-state index in [1.54, 1.807) is 0 Å². The molecule has 7 N–H and O–H groups in total. The Morgan fingerprint density at radius 1 is 1.20 bits per heavy atom. The van der Waals surface area contributed by atoms with Crippen molar-refractivity contribution in [3.63, 3.8) is 0 Å². The number of esters is 1. The molecule has 2 atom stereocenters. The third kappa shape index (κ3) is 9.09. The molecular formula is C7H16N2O6. The van der Waals surface area contributed by atoms with E-state index >= 15 is 0 Å². The molecule has 0 aliphatic carbocycles. The zero-order valence-corrected chi connectivity index (χ0v) is 8.29. The van der Waals surface area contributed by atoms with E-state index < -0.39 is 30.6 Å². The number of carbonyl (C=O) groups excluding carboxylic acids is 1. The van der Waals surface area contributed by atoms with Crippen molar-refractivity contribution in [2.75, 3.05) is 20.3 Å². The van der Waals surface area contributed by atoms with E-state index in [1.807, 2.05) is 0 Å². The second-order valence-corrected chi connectivity index (χ2v) is 2.44. The quantitative estimate of drug-likeness (QED) is 0.314. The monoisotopic (exact) mass is 224 g/mol. The van der Waals surface area contributed by atoms with Crippen molar-refractivity contribution < 1.29 is 29.6 Å². The van der Waals surface area contributed by atoms with Crippen molar-refractivity contribution in [2.24, 2.45) is 11.5 Å². The maximum Gasteiger partial charge on any atom is 0.325 e. The predicted octanol–water partition coefficient (Wildman–Crippen LogP) is -3.13. The minimum absolute atomic E-state index is 0.368. The number of aliphatic hydroxyl groups is 2. The molecule has 8 nitrogen and oxygen atoms in total. The Bertz CT molecular complexity index is 198. The summed E-state index contributed by atoms with van der Waals surface area (Å²) in [5, 5.41) is 24.1. The fourth-order valence-corrected chi connectivity index (χ4v) is 0.304. The van der Waals surface area contributed by atoms with Gasteiger partial charge in [0.15, 0.2) is 0 Å². The summed E-state index contributed by atoms with van der Waals surface area (Å²) < 4.78 is 4.18. The van der Waals surface area contributed by atoms with Gasteiger partial charge in [-0.25, -0.2) is 0 Å². The average molecular weight is 224 g/mol. The summed E-state index contributed by atoms with van der Waals surface area (Å²) in [5.41, 5.74) is 9.77. The molecule has 8 heteroatoms. The molecule has 0 amide bonds. The Balaban J connectivity index is 0. The number of nitrogens with two attached hydrogens (primary N) is 2. The molecule has 0 fully saturated rings. The van der Waals surface area contributed by atoms with Crippen LogP contribution in [0.1, 0.15) is 0 Å². The van der Waals surface area contributed by atoms with Crippen molar-refractivity contribution >= 4 is 11.9 Å². The maximum absolute atomic E-state index is 10.2. The Morgan fingerprint density at radius 3 is 1.67 bits per heavy atom. The highest BCUT2D eigenvalue weighted by molar-refractivity contribution is 5.75. The summed E-state index contributed by atoms with van der Waals surface area (Å²) in [5.74, 6) is -1.77. The lowest BCUT2D eigenvalue weighted by Crippen LogP contribution is -2.34. The molecule has 0 saturated heterocycles. The highest BCUT2D eigenvalue weighted by Crippen LogP contribution is 1.78. The van der Waals surface area contributed by atoms with E-state index in [0.717, 1.165) is 0 Å². The van der Waals surface area contributed by atoms with Gasteiger partial charge in [0.2, 0.25) is 0 Å². The van der Waals surface area contributed by atoms with Crippen LogP contribution in [0.4, 0.5) is 0 Å². The second kappa shape index (κ2) is 9.34. The number of hydrogen-bond donors (Lipinski definition) is 5. The number of carboxylic acid groups (broad SMARTS) is 1. The Morgan fingerprint density at radius 2 is 1.60 bits per heavy atom. The van der Waals surface area contributed by atoms with E-state index in [0.29, 0.717) is 0 Å². The van der Waals surface area contributed by atoms with Crippen LogP contribution in [-0.4, -0.2) is 59.7 Å². The normalized spacial score (nSPS) is 13.1. The SMILES string of the molecule is COC(=O)[C@@H](N)CO.N[C@@H](CO)C(=O)O. The molecular weight excluding hydrogens is 208 g/mol. The molecule has 0 bridgehead atoms. The van der Waals surface area contributed by atoms with Crippen LogP contribution in [0.2, 0.25) is 0 Å². The largest absolute Gasteiger partial charge is 0.480 e. The van der Waals surface area contributed by atoms with E-state index in [1.165, 1.54) is 7.11 Å². The van der Waals surface area contributed by atoms with Gasteiger partial charge in [0.05, 0.1) is 20.3 Å². The first-order chi connectivity index (χ1) is 6.90. The topological polar surface area (TPSA) is 156 Å². The fourth-order valence-electron chi connectivity index (χ4n) is 0.304. The highest BCUT2D eigenvalue weighted by atomic mass is 16.5. The molecule has 0 aromatic rings. The van der Waals surface area contributed by atoms with Crippen LogP contribution in [0.25, 0.3) is 0 Å². The molecule has 0 aromatic carbocycles. The van der Waals surface area contributed by atoms with Crippen molar-refractivity contribution in [3.05, 3.63) is 0 Å². The second-order valence-electron chi connectivity index (χ2n) is 2.44. The number of aliphatic carboxylic acids is 1. The molecule has 15 heavy (non-hydrogen) atoms. The fraction of sp³-hybridized carbons (Fsp3) is 0.714. The van der Waals surface area contributed by atoms with Crippen molar-refractivity contribution in [1.82, 2.24) is 0 Å². The van der Waals surface area contributed by atoms with Gasteiger partial charge in [-0.05, 0) is 0 Å². The number of hydrogen-bond acceptors (Lipinski definition) is 7.